The Bertz CT molecular complexity index is 486. The molecule has 1 aliphatic heterocycles. The molecule has 3 atom stereocenters. The molecule has 1 heterocycles. The van der Waals surface area contributed by atoms with Crippen molar-refractivity contribution < 1.29 is 4.79 Å². The second kappa shape index (κ2) is 7.98. The Hall–Kier alpha value is -1.06. The number of nitrogens with one attached hydrogen (secondary N) is 2. The molecule has 0 bridgehead atoms. The van der Waals surface area contributed by atoms with Crippen molar-refractivity contribution >= 4 is 17.5 Å². The lowest BCUT2D eigenvalue weighted by Gasteiger charge is -2.29. The largest absolute Gasteiger partial charge is 0.349 e. The summed E-state index contributed by atoms with van der Waals surface area (Å²) in [6.07, 6.45) is 2.78. The fraction of sp³-hybridized carbons (Fsp3) is 0.611. The maximum absolute atomic E-state index is 12.6. The maximum Gasteiger partial charge on any atom is 0.223 e. The van der Waals surface area contributed by atoms with Gasteiger partial charge in [0.05, 0.1) is 6.04 Å². The van der Waals surface area contributed by atoms with Crippen molar-refractivity contribution in [2.75, 3.05) is 6.54 Å². The van der Waals surface area contributed by atoms with Crippen LogP contribution in [0.5, 0.6) is 0 Å². The number of halogens is 1. The van der Waals surface area contributed by atoms with Gasteiger partial charge in [-0.05, 0) is 56.3 Å². The molecule has 1 aliphatic rings. The van der Waals surface area contributed by atoms with Gasteiger partial charge in [-0.1, -0.05) is 37.6 Å². The highest BCUT2D eigenvalue weighted by molar-refractivity contribution is 6.30. The Morgan fingerprint density at radius 1 is 1.36 bits per heavy atom. The minimum Gasteiger partial charge on any atom is -0.349 e. The van der Waals surface area contributed by atoms with Gasteiger partial charge in [-0.15, -0.1) is 0 Å². The number of carbonyl (C=O) groups is 1. The molecular formula is C18H27ClN2O. The van der Waals surface area contributed by atoms with Crippen LogP contribution in [0.3, 0.4) is 0 Å². The smallest absolute Gasteiger partial charge is 0.223 e. The Labute approximate surface area is 138 Å². The van der Waals surface area contributed by atoms with Crippen molar-refractivity contribution in [2.24, 2.45) is 11.8 Å². The Kier molecular flexibility index (Phi) is 6.27. The summed E-state index contributed by atoms with van der Waals surface area (Å²) in [6.45, 7) is 7.43. The lowest BCUT2D eigenvalue weighted by Crippen LogP contribution is -2.43. The zero-order chi connectivity index (χ0) is 16.1. The molecule has 1 amide bonds. The summed E-state index contributed by atoms with van der Waals surface area (Å²) in [5.41, 5.74) is 1.13. The van der Waals surface area contributed by atoms with Gasteiger partial charge in [-0.2, -0.15) is 0 Å². The van der Waals surface area contributed by atoms with Crippen molar-refractivity contribution in [3.05, 3.63) is 34.9 Å². The number of hydrogen-bond acceptors (Lipinski definition) is 2. The minimum absolute atomic E-state index is 0.0648. The first kappa shape index (κ1) is 17.3. The minimum atomic E-state index is 0.0648. The SMILES string of the molecule is CC(C)CC(NC(=O)[C@H]1CCN[C@@H](C)C1)c1ccc(Cl)cc1. The summed E-state index contributed by atoms with van der Waals surface area (Å²) in [6, 6.07) is 8.30. The van der Waals surface area contributed by atoms with E-state index in [9.17, 15) is 4.79 Å². The Balaban J connectivity index is 2.05. The van der Waals surface area contributed by atoms with Gasteiger partial charge in [-0.3, -0.25) is 4.79 Å². The second-order valence-corrected chi connectivity index (χ2v) is 7.26. The molecular weight excluding hydrogens is 296 g/mol. The van der Waals surface area contributed by atoms with E-state index in [0.29, 0.717) is 12.0 Å². The third kappa shape index (κ3) is 4.99. The third-order valence-electron chi connectivity index (χ3n) is 4.29. The molecule has 22 heavy (non-hydrogen) atoms. The van der Waals surface area contributed by atoms with Gasteiger partial charge >= 0.3 is 0 Å². The first-order valence-corrected chi connectivity index (χ1v) is 8.62. The van der Waals surface area contributed by atoms with E-state index in [1.807, 2.05) is 24.3 Å². The molecule has 122 valence electrons. The summed E-state index contributed by atoms with van der Waals surface area (Å²) in [4.78, 5) is 12.6. The van der Waals surface area contributed by atoms with Gasteiger partial charge in [0.25, 0.3) is 0 Å². The molecule has 0 saturated carbocycles. The van der Waals surface area contributed by atoms with Gasteiger partial charge in [-0.25, -0.2) is 0 Å². The molecule has 1 saturated heterocycles. The summed E-state index contributed by atoms with van der Waals surface area (Å²) in [5.74, 6) is 0.833. The van der Waals surface area contributed by atoms with E-state index in [-0.39, 0.29) is 17.9 Å². The van der Waals surface area contributed by atoms with Crippen LogP contribution in [-0.4, -0.2) is 18.5 Å². The fourth-order valence-electron chi connectivity index (χ4n) is 3.10. The summed E-state index contributed by atoms with van der Waals surface area (Å²) >= 11 is 5.97. The lowest BCUT2D eigenvalue weighted by molar-refractivity contribution is -0.127. The molecule has 4 heteroatoms. The van der Waals surface area contributed by atoms with E-state index in [0.717, 1.165) is 36.4 Å². The second-order valence-electron chi connectivity index (χ2n) is 6.82. The van der Waals surface area contributed by atoms with Crippen molar-refractivity contribution in [2.45, 2.75) is 52.1 Å². The fourth-order valence-corrected chi connectivity index (χ4v) is 3.23. The quantitative estimate of drug-likeness (QED) is 0.862. The van der Waals surface area contributed by atoms with E-state index in [1.165, 1.54) is 0 Å². The summed E-state index contributed by atoms with van der Waals surface area (Å²) in [5, 5.41) is 7.39. The first-order chi connectivity index (χ1) is 10.5. The van der Waals surface area contributed by atoms with Crippen LogP contribution in [0.15, 0.2) is 24.3 Å². The molecule has 1 unspecified atom stereocenters. The average molecular weight is 323 g/mol. The summed E-state index contributed by atoms with van der Waals surface area (Å²) < 4.78 is 0. The molecule has 1 aromatic rings. The monoisotopic (exact) mass is 322 g/mol. The molecule has 2 N–H and O–H groups in total. The average Bonchev–Trinajstić information content (AvgIpc) is 2.47. The molecule has 2 rings (SSSR count). The third-order valence-corrected chi connectivity index (χ3v) is 4.54. The van der Waals surface area contributed by atoms with E-state index in [2.05, 4.69) is 31.4 Å². The number of rotatable bonds is 5. The zero-order valence-corrected chi connectivity index (χ0v) is 14.5. The van der Waals surface area contributed by atoms with Gasteiger partial charge in [0, 0.05) is 17.0 Å². The van der Waals surface area contributed by atoms with Crippen molar-refractivity contribution in [3.63, 3.8) is 0 Å². The van der Waals surface area contributed by atoms with Gasteiger partial charge < -0.3 is 10.6 Å². The molecule has 0 aliphatic carbocycles. The van der Waals surface area contributed by atoms with Gasteiger partial charge in [0.1, 0.15) is 0 Å². The molecule has 1 fully saturated rings. The lowest BCUT2D eigenvalue weighted by atomic mass is 9.91. The van der Waals surface area contributed by atoms with Crippen LogP contribution < -0.4 is 10.6 Å². The van der Waals surface area contributed by atoms with E-state index >= 15 is 0 Å². The highest BCUT2D eigenvalue weighted by Gasteiger charge is 2.27. The first-order valence-electron chi connectivity index (χ1n) is 8.25. The van der Waals surface area contributed by atoms with Crippen LogP contribution in [0.25, 0.3) is 0 Å². The number of amides is 1. The maximum atomic E-state index is 12.6. The van der Waals surface area contributed by atoms with Crippen LogP contribution >= 0.6 is 11.6 Å². The Morgan fingerprint density at radius 2 is 2.05 bits per heavy atom. The molecule has 3 nitrogen and oxygen atoms in total. The number of carbonyl (C=O) groups excluding carboxylic acids is 1. The van der Waals surface area contributed by atoms with Gasteiger partial charge in [0.2, 0.25) is 5.91 Å². The number of hydrogen-bond donors (Lipinski definition) is 2. The molecule has 1 aromatic carbocycles. The molecule has 0 radical (unpaired) electrons. The van der Waals surface area contributed by atoms with Crippen LogP contribution in [0, 0.1) is 11.8 Å². The van der Waals surface area contributed by atoms with Crippen LogP contribution in [-0.2, 0) is 4.79 Å². The highest BCUT2D eigenvalue weighted by atomic mass is 35.5. The van der Waals surface area contributed by atoms with E-state index in [1.54, 1.807) is 0 Å². The number of piperidine rings is 1. The molecule has 0 spiro atoms. The predicted molar refractivity (Wildman–Crippen MR) is 92.0 cm³/mol. The normalized spacial score (nSPS) is 23.3. The zero-order valence-electron chi connectivity index (χ0n) is 13.7. The van der Waals surface area contributed by atoms with Gasteiger partial charge in [0.15, 0.2) is 0 Å². The summed E-state index contributed by atoms with van der Waals surface area (Å²) in [7, 11) is 0. The van der Waals surface area contributed by atoms with E-state index in [4.69, 9.17) is 11.6 Å². The van der Waals surface area contributed by atoms with Crippen molar-refractivity contribution in [3.8, 4) is 0 Å². The molecule has 0 aromatic heterocycles. The van der Waals surface area contributed by atoms with Crippen LogP contribution in [0.2, 0.25) is 5.02 Å². The Morgan fingerprint density at radius 3 is 2.64 bits per heavy atom. The number of benzene rings is 1. The van der Waals surface area contributed by atoms with Crippen molar-refractivity contribution in [1.29, 1.82) is 0 Å². The van der Waals surface area contributed by atoms with Crippen LogP contribution in [0.4, 0.5) is 0 Å². The van der Waals surface area contributed by atoms with E-state index < -0.39 is 0 Å². The van der Waals surface area contributed by atoms with Crippen molar-refractivity contribution in [1.82, 2.24) is 10.6 Å². The standard InChI is InChI=1S/C18H27ClN2O/c1-12(2)10-17(14-4-6-16(19)7-5-14)21-18(22)15-8-9-20-13(3)11-15/h4-7,12-13,15,17,20H,8-11H2,1-3H3,(H,21,22)/t13-,15-,17?/m0/s1. The van der Waals surface area contributed by atoms with Crippen LogP contribution in [0.1, 0.15) is 51.6 Å². The highest BCUT2D eigenvalue weighted by Crippen LogP contribution is 2.25. The predicted octanol–water partition coefficient (Wildman–Crippen LogP) is 3.93. The topological polar surface area (TPSA) is 41.1 Å².